The van der Waals surface area contributed by atoms with Crippen LogP contribution in [0.1, 0.15) is 33.6 Å². The number of nitrogens with zero attached hydrogens (tertiary/aromatic N) is 1. The first-order valence-electron chi connectivity index (χ1n) is 6.98. The van der Waals surface area contributed by atoms with Crippen LogP contribution in [-0.2, 0) is 9.53 Å². The van der Waals surface area contributed by atoms with Gasteiger partial charge in [-0.05, 0) is 38.5 Å². The molecule has 1 saturated heterocycles. The van der Waals surface area contributed by atoms with Crippen LogP contribution in [0.2, 0.25) is 0 Å². The smallest absolute Gasteiger partial charge is 0.228 e. The first-order chi connectivity index (χ1) is 8.40. The van der Waals surface area contributed by atoms with Crippen LogP contribution in [0, 0.1) is 17.8 Å². The molecular weight excluding hydrogens is 230 g/mol. The van der Waals surface area contributed by atoms with Crippen molar-refractivity contribution in [3.63, 3.8) is 0 Å². The summed E-state index contributed by atoms with van der Waals surface area (Å²) >= 11 is 0. The lowest BCUT2D eigenvalue weighted by molar-refractivity contribution is -0.138. The van der Waals surface area contributed by atoms with E-state index >= 15 is 0 Å². The van der Waals surface area contributed by atoms with Gasteiger partial charge in [0.1, 0.15) is 0 Å². The van der Waals surface area contributed by atoms with E-state index in [0.717, 1.165) is 19.4 Å². The quantitative estimate of drug-likeness (QED) is 0.826. The summed E-state index contributed by atoms with van der Waals surface area (Å²) in [5, 5.41) is 9.28. The summed E-state index contributed by atoms with van der Waals surface area (Å²) in [7, 11) is 1.87. The van der Waals surface area contributed by atoms with Crippen LogP contribution < -0.4 is 0 Å². The molecule has 0 aromatic heterocycles. The minimum Gasteiger partial charge on any atom is -0.393 e. The van der Waals surface area contributed by atoms with E-state index in [4.69, 9.17) is 4.74 Å². The van der Waals surface area contributed by atoms with Gasteiger partial charge in [-0.3, -0.25) is 4.79 Å². The number of hydrogen-bond acceptors (Lipinski definition) is 3. The van der Waals surface area contributed by atoms with Crippen LogP contribution >= 0.6 is 0 Å². The van der Waals surface area contributed by atoms with E-state index in [1.807, 2.05) is 25.8 Å². The largest absolute Gasteiger partial charge is 0.393 e. The predicted molar refractivity (Wildman–Crippen MR) is 69.0 cm³/mol. The number of amides is 1. The molecule has 4 unspecified atom stereocenters. The maximum Gasteiger partial charge on any atom is 0.228 e. The summed E-state index contributed by atoms with van der Waals surface area (Å²) in [6.07, 6.45) is 1.69. The highest BCUT2D eigenvalue weighted by Gasteiger charge is 2.43. The molecule has 1 amide bonds. The highest BCUT2D eigenvalue weighted by Crippen LogP contribution is 2.34. The van der Waals surface area contributed by atoms with E-state index in [1.54, 1.807) is 0 Å². The average molecular weight is 255 g/mol. The SMILES string of the molecule is CC1OC(C)C(C(=O)N(C)CC2CC(O)C2)C1C. The van der Waals surface area contributed by atoms with Gasteiger partial charge in [0.05, 0.1) is 24.2 Å². The Morgan fingerprint density at radius 1 is 1.28 bits per heavy atom. The Kier molecular flexibility index (Phi) is 3.97. The van der Waals surface area contributed by atoms with Gasteiger partial charge in [-0.25, -0.2) is 0 Å². The Hall–Kier alpha value is -0.610. The maximum atomic E-state index is 12.5. The molecule has 0 bridgehead atoms. The molecule has 18 heavy (non-hydrogen) atoms. The minimum atomic E-state index is -0.147. The van der Waals surface area contributed by atoms with Crippen molar-refractivity contribution in [2.75, 3.05) is 13.6 Å². The molecule has 0 spiro atoms. The summed E-state index contributed by atoms with van der Waals surface area (Å²) < 4.78 is 5.73. The van der Waals surface area contributed by atoms with Crippen molar-refractivity contribution in [1.29, 1.82) is 0 Å². The lowest BCUT2D eigenvalue weighted by Crippen LogP contribution is -2.44. The molecule has 0 radical (unpaired) electrons. The van der Waals surface area contributed by atoms with Gasteiger partial charge in [0, 0.05) is 13.6 Å². The van der Waals surface area contributed by atoms with Crippen LogP contribution in [0.3, 0.4) is 0 Å². The molecule has 2 aliphatic rings. The highest BCUT2D eigenvalue weighted by molar-refractivity contribution is 5.79. The zero-order valence-corrected chi connectivity index (χ0v) is 11.8. The molecular formula is C14H25NO3. The third-order valence-electron chi connectivity index (χ3n) is 4.65. The number of rotatable bonds is 3. The lowest BCUT2D eigenvalue weighted by Gasteiger charge is -2.35. The minimum absolute atomic E-state index is 0.0110. The Morgan fingerprint density at radius 3 is 2.33 bits per heavy atom. The van der Waals surface area contributed by atoms with Crippen molar-refractivity contribution in [2.24, 2.45) is 17.8 Å². The zero-order chi connectivity index (χ0) is 13.4. The summed E-state index contributed by atoms with van der Waals surface area (Å²) in [5.74, 6) is 0.928. The number of carbonyl (C=O) groups excluding carboxylic acids is 1. The van der Waals surface area contributed by atoms with Gasteiger partial charge in [-0.2, -0.15) is 0 Å². The zero-order valence-electron chi connectivity index (χ0n) is 11.8. The number of carbonyl (C=O) groups is 1. The van der Waals surface area contributed by atoms with Crippen LogP contribution in [0.4, 0.5) is 0 Å². The summed E-state index contributed by atoms with van der Waals surface area (Å²) in [5.41, 5.74) is 0. The second-order valence-corrected chi connectivity index (χ2v) is 6.14. The van der Waals surface area contributed by atoms with Gasteiger partial charge in [-0.1, -0.05) is 6.92 Å². The van der Waals surface area contributed by atoms with Gasteiger partial charge < -0.3 is 14.7 Å². The van der Waals surface area contributed by atoms with E-state index in [1.165, 1.54) is 0 Å². The molecule has 1 N–H and O–H groups in total. The van der Waals surface area contributed by atoms with Crippen molar-refractivity contribution in [1.82, 2.24) is 4.90 Å². The third kappa shape index (κ3) is 2.54. The molecule has 104 valence electrons. The molecule has 2 rings (SSSR count). The van der Waals surface area contributed by atoms with E-state index in [2.05, 4.69) is 6.92 Å². The van der Waals surface area contributed by atoms with Gasteiger partial charge in [0.15, 0.2) is 0 Å². The van der Waals surface area contributed by atoms with Crippen molar-refractivity contribution in [3.05, 3.63) is 0 Å². The van der Waals surface area contributed by atoms with Crippen molar-refractivity contribution < 1.29 is 14.6 Å². The van der Waals surface area contributed by atoms with E-state index in [-0.39, 0.29) is 36.1 Å². The molecule has 4 atom stereocenters. The molecule has 2 fully saturated rings. The Balaban J connectivity index is 1.90. The summed E-state index contributed by atoms with van der Waals surface area (Å²) in [6.45, 7) is 6.89. The van der Waals surface area contributed by atoms with Gasteiger partial charge in [0.25, 0.3) is 0 Å². The van der Waals surface area contributed by atoms with Crippen LogP contribution in [0.5, 0.6) is 0 Å². The Labute approximate surface area is 109 Å². The summed E-state index contributed by atoms with van der Waals surface area (Å²) in [4.78, 5) is 14.3. The van der Waals surface area contributed by atoms with Crippen molar-refractivity contribution in [2.45, 2.75) is 51.9 Å². The third-order valence-corrected chi connectivity index (χ3v) is 4.65. The highest BCUT2D eigenvalue weighted by atomic mass is 16.5. The van der Waals surface area contributed by atoms with Gasteiger partial charge >= 0.3 is 0 Å². The fourth-order valence-electron chi connectivity index (χ4n) is 3.27. The average Bonchev–Trinajstić information content (AvgIpc) is 2.50. The van der Waals surface area contributed by atoms with Gasteiger partial charge in [-0.15, -0.1) is 0 Å². The normalized spacial score (nSPS) is 43.6. The number of ether oxygens (including phenoxy) is 1. The molecule has 4 nitrogen and oxygen atoms in total. The topological polar surface area (TPSA) is 49.8 Å². The molecule has 1 heterocycles. The van der Waals surface area contributed by atoms with Crippen LogP contribution in [0.25, 0.3) is 0 Å². The molecule has 0 aromatic carbocycles. The standard InChI is InChI=1S/C14H25NO3/c1-8-9(2)18-10(3)13(8)14(17)15(4)7-11-5-12(16)6-11/h8-13,16H,5-7H2,1-4H3. The van der Waals surface area contributed by atoms with Crippen LogP contribution in [0.15, 0.2) is 0 Å². The summed E-state index contributed by atoms with van der Waals surface area (Å²) in [6, 6.07) is 0. The fourth-order valence-corrected chi connectivity index (χ4v) is 3.27. The first kappa shape index (κ1) is 13.8. The van der Waals surface area contributed by atoms with E-state index in [0.29, 0.717) is 5.92 Å². The second-order valence-electron chi connectivity index (χ2n) is 6.14. The first-order valence-corrected chi connectivity index (χ1v) is 6.98. The van der Waals surface area contributed by atoms with E-state index < -0.39 is 0 Å². The molecule has 0 aromatic rings. The van der Waals surface area contributed by atoms with Crippen molar-refractivity contribution in [3.8, 4) is 0 Å². The Morgan fingerprint density at radius 2 is 1.89 bits per heavy atom. The lowest BCUT2D eigenvalue weighted by atomic mass is 9.81. The molecule has 1 aliphatic heterocycles. The number of aliphatic hydroxyl groups is 1. The van der Waals surface area contributed by atoms with E-state index in [9.17, 15) is 9.90 Å². The maximum absolute atomic E-state index is 12.5. The molecule has 1 aliphatic carbocycles. The monoisotopic (exact) mass is 255 g/mol. The van der Waals surface area contributed by atoms with Crippen LogP contribution in [-0.4, -0.2) is 47.8 Å². The Bertz CT molecular complexity index is 314. The molecule has 4 heteroatoms. The van der Waals surface area contributed by atoms with Gasteiger partial charge in [0.2, 0.25) is 5.91 Å². The fraction of sp³-hybridized carbons (Fsp3) is 0.929. The molecule has 1 saturated carbocycles. The number of hydrogen-bond donors (Lipinski definition) is 1. The van der Waals surface area contributed by atoms with Crippen molar-refractivity contribution >= 4 is 5.91 Å². The second kappa shape index (κ2) is 5.17. The predicted octanol–water partition coefficient (Wildman–Crippen LogP) is 1.28. The number of aliphatic hydroxyl groups excluding tert-OH is 1.